The van der Waals surface area contributed by atoms with Gasteiger partial charge in [0.2, 0.25) is 5.82 Å². The first-order chi connectivity index (χ1) is 14.7. The fraction of sp³-hybridized carbons (Fsp3) is 0.364. The van der Waals surface area contributed by atoms with Gasteiger partial charge in [-0.15, -0.1) is 22.6 Å². The summed E-state index contributed by atoms with van der Waals surface area (Å²) in [5.74, 6) is 1.47. The number of nitrogens with one attached hydrogen (secondary N) is 2. The van der Waals surface area contributed by atoms with E-state index in [0.29, 0.717) is 23.7 Å². The van der Waals surface area contributed by atoms with E-state index < -0.39 is 0 Å². The van der Waals surface area contributed by atoms with Gasteiger partial charge < -0.3 is 20.0 Å². The van der Waals surface area contributed by atoms with Gasteiger partial charge in [-0.3, -0.25) is 0 Å². The number of nitrogens with zero attached hydrogens (tertiary/aromatic N) is 3. The molecule has 166 valence electrons. The van der Waals surface area contributed by atoms with Gasteiger partial charge in [-0.05, 0) is 54.8 Å². The number of aldehydes is 1. The van der Waals surface area contributed by atoms with E-state index in [-0.39, 0.29) is 24.6 Å². The molecule has 0 radical (unpaired) electrons. The van der Waals surface area contributed by atoms with Gasteiger partial charge in [0.1, 0.15) is 17.8 Å². The molecular weight excluding hydrogens is 418 g/mol. The summed E-state index contributed by atoms with van der Waals surface area (Å²) in [6, 6.07) is 11.5. The summed E-state index contributed by atoms with van der Waals surface area (Å²) in [6.07, 6.45) is 4.46. The molecule has 1 aromatic heterocycles. The average molecular weight is 446 g/mol. The molecule has 3 N–H and O–H groups in total. The number of aromatic hydroxyl groups is 1. The first-order valence-corrected chi connectivity index (χ1v) is 10.2. The van der Waals surface area contributed by atoms with E-state index in [1.807, 2.05) is 30.3 Å². The van der Waals surface area contributed by atoms with Crippen LogP contribution in [0.5, 0.6) is 11.5 Å². The quantitative estimate of drug-likeness (QED) is 0.285. The normalized spacial score (nSPS) is 10.4. The highest BCUT2D eigenvalue weighted by Gasteiger charge is 2.13. The molecule has 0 unspecified atom stereocenters. The van der Waals surface area contributed by atoms with Crippen molar-refractivity contribution in [2.45, 2.75) is 39.0 Å². The van der Waals surface area contributed by atoms with Crippen LogP contribution in [0, 0.1) is 0 Å². The SMILES string of the molecule is CCCc1c(OCCCCNc2ccc(-c3nn[nH]n3)cc2)ccc(CC=O)c1O.Cl. The van der Waals surface area contributed by atoms with Crippen molar-refractivity contribution in [3.63, 3.8) is 0 Å². The monoisotopic (exact) mass is 445 g/mol. The maximum atomic E-state index is 10.8. The number of phenolic OH excluding ortho intramolecular Hbond substituents is 1. The second-order valence-electron chi connectivity index (χ2n) is 6.97. The summed E-state index contributed by atoms with van der Waals surface area (Å²) in [5.41, 5.74) is 3.38. The van der Waals surface area contributed by atoms with E-state index in [9.17, 15) is 9.90 Å². The third-order valence-electron chi connectivity index (χ3n) is 4.77. The number of aromatic nitrogens is 4. The summed E-state index contributed by atoms with van der Waals surface area (Å²) in [7, 11) is 0. The largest absolute Gasteiger partial charge is 0.507 e. The Balaban J connectivity index is 0.00000341. The Hall–Kier alpha value is -3.13. The number of tetrazole rings is 1. The number of rotatable bonds is 12. The maximum Gasteiger partial charge on any atom is 0.204 e. The van der Waals surface area contributed by atoms with Crippen molar-refractivity contribution in [3.05, 3.63) is 47.5 Å². The minimum Gasteiger partial charge on any atom is -0.507 e. The highest BCUT2D eigenvalue weighted by Crippen LogP contribution is 2.33. The minimum atomic E-state index is 0. The predicted molar refractivity (Wildman–Crippen MR) is 122 cm³/mol. The number of benzene rings is 2. The van der Waals surface area contributed by atoms with Gasteiger partial charge in [-0.1, -0.05) is 19.4 Å². The van der Waals surface area contributed by atoms with Crippen molar-refractivity contribution >= 4 is 24.4 Å². The first kappa shape index (κ1) is 24.1. The van der Waals surface area contributed by atoms with Crippen molar-refractivity contribution < 1.29 is 14.6 Å². The summed E-state index contributed by atoms with van der Waals surface area (Å²) >= 11 is 0. The lowest BCUT2D eigenvalue weighted by molar-refractivity contribution is -0.107. The topological polar surface area (TPSA) is 113 Å². The molecule has 0 bridgehead atoms. The number of carbonyl (C=O) groups is 1. The lowest BCUT2D eigenvalue weighted by Crippen LogP contribution is -2.06. The molecule has 1 heterocycles. The molecule has 31 heavy (non-hydrogen) atoms. The molecule has 9 heteroatoms. The van der Waals surface area contributed by atoms with Crippen LogP contribution in [-0.2, 0) is 17.6 Å². The minimum absolute atomic E-state index is 0. The van der Waals surface area contributed by atoms with Crippen molar-refractivity contribution in [1.82, 2.24) is 20.6 Å². The zero-order chi connectivity index (χ0) is 21.2. The number of aromatic amines is 1. The zero-order valence-corrected chi connectivity index (χ0v) is 18.3. The van der Waals surface area contributed by atoms with Gasteiger partial charge in [0.25, 0.3) is 0 Å². The van der Waals surface area contributed by atoms with E-state index >= 15 is 0 Å². The number of unbranched alkanes of at least 4 members (excludes halogenated alkanes) is 1. The van der Waals surface area contributed by atoms with Gasteiger partial charge in [0.15, 0.2) is 0 Å². The molecule has 0 amide bonds. The molecule has 0 spiro atoms. The van der Waals surface area contributed by atoms with E-state index in [4.69, 9.17) is 4.74 Å². The summed E-state index contributed by atoms with van der Waals surface area (Å²) in [6.45, 7) is 3.45. The van der Waals surface area contributed by atoms with E-state index in [0.717, 1.165) is 55.3 Å². The average Bonchev–Trinajstić information content (AvgIpc) is 3.30. The maximum absolute atomic E-state index is 10.8. The number of hydrogen-bond acceptors (Lipinski definition) is 7. The molecule has 0 saturated carbocycles. The number of halogens is 1. The van der Waals surface area contributed by atoms with Crippen LogP contribution in [0.1, 0.15) is 37.3 Å². The number of hydrogen-bond donors (Lipinski definition) is 3. The van der Waals surface area contributed by atoms with Gasteiger partial charge in [-0.25, -0.2) is 0 Å². The second kappa shape index (κ2) is 12.5. The Labute approximate surface area is 187 Å². The lowest BCUT2D eigenvalue weighted by Gasteiger charge is -2.15. The highest BCUT2D eigenvalue weighted by molar-refractivity contribution is 5.85. The Morgan fingerprint density at radius 3 is 2.65 bits per heavy atom. The number of H-pyrrole nitrogens is 1. The van der Waals surface area contributed by atoms with Crippen LogP contribution in [0.15, 0.2) is 36.4 Å². The molecule has 0 aliphatic carbocycles. The number of carbonyl (C=O) groups excluding carboxylic acids is 1. The lowest BCUT2D eigenvalue weighted by atomic mass is 10.0. The van der Waals surface area contributed by atoms with Crippen LogP contribution < -0.4 is 10.1 Å². The second-order valence-corrected chi connectivity index (χ2v) is 6.97. The van der Waals surface area contributed by atoms with Crippen molar-refractivity contribution in [3.8, 4) is 22.9 Å². The molecule has 0 atom stereocenters. The van der Waals surface area contributed by atoms with E-state index in [2.05, 4.69) is 32.9 Å². The molecule has 3 rings (SSSR count). The van der Waals surface area contributed by atoms with Crippen molar-refractivity contribution in [2.75, 3.05) is 18.5 Å². The third kappa shape index (κ3) is 6.68. The summed E-state index contributed by atoms with van der Waals surface area (Å²) < 4.78 is 5.91. The van der Waals surface area contributed by atoms with Crippen LogP contribution in [0.4, 0.5) is 5.69 Å². The van der Waals surface area contributed by atoms with Crippen LogP contribution >= 0.6 is 12.4 Å². The Morgan fingerprint density at radius 2 is 1.97 bits per heavy atom. The molecule has 3 aromatic rings. The van der Waals surface area contributed by atoms with Crippen LogP contribution in [0.2, 0.25) is 0 Å². The third-order valence-corrected chi connectivity index (χ3v) is 4.77. The smallest absolute Gasteiger partial charge is 0.204 e. The van der Waals surface area contributed by atoms with Crippen molar-refractivity contribution in [2.24, 2.45) is 0 Å². The number of ether oxygens (including phenoxy) is 1. The van der Waals surface area contributed by atoms with Crippen LogP contribution in [0.3, 0.4) is 0 Å². The first-order valence-electron chi connectivity index (χ1n) is 10.2. The predicted octanol–water partition coefficient (Wildman–Crippen LogP) is 3.96. The molecule has 0 aliphatic rings. The highest BCUT2D eigenvalue weighted by atomic mass is 35.5. The van der Waals surface area contributed by atoms with E-state index in [1.54, 1.807) is 6.07 Å². The van der Waals surface area contributed by atoms with Gasteiger partial charge in [-0.2, -0.15) is 5.21 Å². The van der Waals surface area contributed by atoms with E-state index in [1.165, 1.54) is 0 Å². The Kier molecular flexibility index (Phi) is 9.77. The fourth-order valence-corrected chi connectivity index (χ4v) is 3.21. The molecule has 0 aliphatic heterocycles. The Morgan fingerprint density at radius 1 is 1.16 bits per heavy atom. The molecule has 0 fully saturated rings. The molecule has 8 nitrogen and oxygen atoms in total. The van der Waals surface area contributed by atoms with Crippen LogP contribution in [0.25, 0.3) is 11.4 Å². The van der Waals surface area contributed by atoms with Gasteiger partial charge in [0.05, 0.1) is 6.61 Å². The number of anilines is 1. The standard InChI is InChI=1S/C22H27N5O3.ClH/c1-2-5-19-20(11-8-16(12-14-28)21(19)29)30-15-4-3-13-23-18-9-6-17(7-10-18)22-24-26-27-25-22;/h6-11,14,23,29H,2-5,12-13,15H2,1H3,(H,24,25,26,27);1H. The zero-order valence-electron chi connectivity index (χ0n) is 17.5. The molecule has 2 aromatic carbocycles. The fourth-order valence-electron chi connectivity index (χ4n) is 3.21. The summed E-state index contributed by atoms with van der Waals surface area (Å²) in [4.78, 5) is 10.8. The van der Waals surface area contributed by atoms with Crippen LogP contribution in [-0.4, -0.2) is 45.2 Å². The van der Waals surface area contributed by atoms with Crippen molar-refractivity contribution in [1.29, 1.82) is 0 Å². The number of phenols is 1. The van der Waals surface area contributed by atoms with Gasteiger partial charge >= 0.3 is 0 Å². The van der Waals surface area contributed by atoms with Gasteiger partial charge in [0, 0.05) is 35.3 Å². The molecule has 0 saturated heterocycles. The Bertz CT molecular complexity index is 933. The molecular formula is C22H28ClN5O3. The summed E-state index contributed by atoms with van der Waals surface area (Å²) in [5, 5.41) is 27.7.